The van der Waals surface area contributed by atoms with Gasteiger partial charge in [0.1, 0.15) is 0 Å². The van der Waals surface area contributed by atoms with E-state index in [0.717, 1.165) is 12.1 Å². The van der Waals surface area contributed by atoms with E-state index < -0.39 is 17.5 Å². The summed E-state index contributed by atoms with van der Waals surface area (Å²) in [6.07, 6.45) is 0. The quantitative estimate of drug-likeness (QED) is 0.501. The van der Waals surface area contributed by atoms with Crippen LogP contribution in [0.3, 0.4) is 0 Å². The third-order valence-corrected chi connectivity index (χ3v) is 1.90. The van der Waals surface area contributed by atoms with Crippen LogP contribution in [0.2, 0.25) is 0 Å². The van der Waals surface area contributed by atoms with E-state index in [0.29, 0.717) is 22.5 Å². The van der Waals surface area contributed by atoms with Crippen LogP contribution in [0.25, 0.3) is 0 Å². The molecule has 1 aromatic rings. The van der Waals surface area contributed by atoms with Crippen LogP contribution >= 0.6 is 17.0 Å². The first kappa shape index (κ1) is 11.1. The van der Waals surface area contributed by atoms with Crippen LogP contribution < -0.4 is 4.16 Å². The molecule has 0 aromatic heterocycles. The van der Waals surface area contributed by atoms with Crippen LogP contribution in [0.4, 0.5) is 13.2 Å². The van der Waals surface area contributed by atoms with Gasteiger partial charge >= 0.3 is 65.2 Å². The van der Waals surface area contributed by atoms with E-state index in [1.54, 1.807) is 0 Å². The Labute approximate surface area is 82.2 Å². The second kappa shape index (κ2) is 4.22. The molecule has 11 heavy (non-hydrogen) atoms. The molecule has 0 amide bonds. The Morgan fingerprint density at radius 3 is 1.73 bits per heavy atom. The van der Waals surface area contributed by atoms with Crippen molar-refractivity contribution >= 4 is 21.1 Å². The first-order valence-electron chi connectivity index (χ1n) is 2.58. The second-order valence-electron chi connectivity index (χ2n) is 1.87. The van der Waals surface area contributed by atoms with Gasteiger partial charge in [0, 0.05) is 0 Å². The fraction of sp³-hybridized carbons (Fsp3) is 0. The molecule has 0 aliphatic carbocycles. The Balaban J connectivity index is 0.000001000. The van der Waals surface area contributed by atoms with Crippen molar-refractivity contribution in [2.45, 2.75) is 0 Å². The normalized spacial score (nSPS) is 9.18. The van der Waals surface area contributed by atoms with E-state index in [1.807, 2.05) is 0 Å². The molecule has 0 aliphatic rings. The van der Waals surface area contributed by atoms with E-state index in [1.165, 1.54) is 0 Å². The molecule has 0 radical (unpaired) electrons. The van der Waals surface area contributed by atoms with Crippen molar-refractivity contribution in [3.8, 4) is 0 Å². The fourth-order valence-electron chi connectivity index (χ4n) is 0.608. The van der Waals surface area contributed by atoms with Crippen molar-refractivity contribution in [3.63, 3.8) is 0 Å². The minimum atomic E-state index is -1.39. The van der Waals surface area contributed by atoms with Crippen LogP contribution in [0.5, 0.6) is 0 Å². The molecular formula is C6H3BrF3Zn. The Morgan fingerprint density at radius 2 is 1.36 bits per heavy atom. The van der Waals surface area contributed by atoms with Gasteiger partial charge in [0.05, 0.1) is 0 Å². The molecule has 0 saturated carbocycles. The number of halogens is 4. The number of hydrogen-bond acceptors (Lipinski definition) is 0. The van der Waals surface area contributed by atoms with E-state index >= 15 is 0 Å². The first-order valence-corrected chi connectivity index (χ1v) is 4.06. The Morgan fingerprint density at radius 1 is 1.00 bits per heavy atom. The zero-order valence-electron chi connectivity index (χ0n) is 5.40. The van der Waals surface area contributed by atoms with Crippen molar-refractivity contribution in [3.05, 3.63) is 29.6 Å². The molecule has 0 bridgehead atoms. The SMILES string of the molecule is Br.Fc1c[c]([Zn])cc(F)c1F. The van der Waals surface area contributed by atoms with Crippen LogP contribution in [-0.2, 0) is 18.3 Å². The van der Waals surface area contributed by atoms with E-state index in [2.05, 4.69) is 0 Å². The van der Waals surface area contributed by atoms with Crippen LogP contribution in [-0.4, -0.2) is 0 Å². The van der Waals surface area contributed by atoms with Gasteiger partial charge in [-0.1, -0.05) is 0 Å². The molecule has 0 nitrogen and oxygen atoms in total. The molecule has 5 heteroatoms. The van der Waals surface area contributed by atoms with Crippen molar-refractivity contribution in [2.75, 3.05) is 0 Å². The third kappa shape index (κ3) is 2.56. The van der Waals surface area contributed by atoms with Crippen LogP contribution in [0.1, 0.15) is 0 Å². The van der Waals surface area contributed by atoms with Gasteiger partial charge in [-0.3, -0.25) is 0 Å². The molecule has 0 saturated heterocycles. The number of rotatable bonds is 0. The maximum absolute atomic E-state index is 12.2. The van der Waals surface area contributed by atoms with Crippen molar-refractivity contribution in [2.24, 2.45) is 0 Å². The molecule has 0 unspecified atom stereocenters. The average Bonchev–Trinajstić information content (AvgIpc) is 1.82. The van der Waals surface area contributed by atoms with Gasteiger partial charge in [0.15, 0.2) is 0 Å². The molecule has 0 aliphatic heterocycles. The molecule has 0 fully saturated rings. The average molecular weight is 277 g/mol. The Bertz CT molecular complexity index is 241. The Kier molecular flexibility index (Phi) is 4.26. The summed E-state index contributed by atoms with van der Waals surface area (Å²) in [4.78, 5) is 0. The molecule has 0 N–H and O–H groups in total. The van der Waals surface area contributed by atoms with E-state index in [-0.39, 0.29) is 17.0 Å². The topological polar surface area (TPSA) is 0 Å². The molecule has 1 aromatic carbocycles. The summed E-state index contributed by atoms with van der Waals surface area (Å²) in [5, 5.41) is 0. The maximum atomic E-state index is 12.2. The fourth-order valence-corrected chi connectivity index (χ4v) is 1.36. The standard InChI is InChI=1S/C6H2F3.BrH.Zn/c7-4-2-1-3-5(8)6(4)9;;/h2-3H;1H;. The van der Waals surface area contributed by atoms with E-state index in [9.17, 15) is 13.2 Å². The molecular weight excluding hydrogens is 274 g/mol. The van der Waals surface area contributed by atoms with Gasteiger partial charge in [-0.25, -0.2) is 0 Å². The summed E-state index contributed by atoms with van der Waals surface area (Å²) >= 11 is 0.619. The van der Waals surface area contributed by atoms with Gasteiger partial charge in [-0.15, -0.1) is 17.0 Å². The van der Waals surface area contributed by atoms with Crippen molar-refractivity contribution in [1.82, 2.24) is 0 Å². The molecule has 0 atom stereocenters. The predicted molar refractivity (Wildman–Crippen MR) is 36.3 cm³/mol. The van der Waals surface area contributed by atoms with Crippen molar-refractivity contribution < 1.29 is 31.5 Å². The molecule has 1 rings (SSSR count). The summed E-state index contributed by atoms with van der Waals surface area (Å²) in [6, 6.07) is 2.00. The summed E-state index contributed by atoms with van der Waals surface area (Å²) in [5.74, 6) is -3.61. The van der Waals surface area contributed by atoms with Crippen molar-refractivity contribution in [1.29, 1.82) is 0 Å². The summed E-state index contributed by atoms with van der Waals surface area (Å²) < 4.78 is 37.2. The monoisotopic (exact) mass is 275 g/mol. The summed E-state index contributed by atoms with van der Waals surface area (Å²) in [5.41, 5.74) is 0. The van der Waals surface area contributed by atoms with Gasteiger partial charge in [0.2, 0.25) is 0 Å². The second-order valence-corrected chi connectivity index (χ2v) is 3.59. The minimum absolute atomic E-state index is 0. The van der Waals surface area contributed by atoms with Crippen LogP contribution in [0, 0.1) is 17.5 Å². The van der Waals surface area contributed by atoms with Gasteiger partial charge in [0.25, 0.3) is 0 Å². The Hall–Kier alpha value is 0.113. The van der Waals surface area contributed by atoms with Gasteiger partial charge < -0.3 is 0 Å². The number of benzene rings is 1. The zero-order valence-corrected chi connectivity index (χ0v) is 10.1. The van der Waals surface area contributed by atoms with E-state index in [4.69, 9.17) is 0 Å². The molecule has 0 heterocycles. The zero-order chi connectivity index (χ0) is 7.72. The van der Waals surface area contributed by atoms with Gasteiger partial charge in [-0.05, 0) is 0 Å². The predicted octanol–water partition coefficient (Wildman–Crippen LogP) is 1.85. The van der Waals surface area contributed by atoms with Gasteiger partial charge in [-0.2, -0.15) is 0 Å². The first-order chi connectivity index (χ1) is 4.61. The third-order valence-electron chi connectivity index (χ3n) is 1.04. The summed E-state index contributed by atoms with van der Waals surface area (Å²) in [7, 11) is 0. The molecule has 57 valence electrons. The number of hydrogen-bond donors (Lipinski definition) is 0. The summed E-state index contributed by atoms with van der Waals surface area (Å²) in [6.45, 7) is 0. The van der Waals surface area contributed by atoms with Crippen LogP contribution in [0.15, 0.2) is 12.1 Å². The molecule has 0 spiro atoms.